The first-order valence-corrected chi connectivity index (χ1v) is 8.51. The Balaban J connectivity index is 2.20. The summed E-state index contributed by atoms with van der Waals surface area (Å²) in [5.74, 6) is -0.446. The van der Waals surface area contributed by atoms with Gasteiger partial charge in [-0.25, -0.2) is 4.79 Å². The van der Waals surface area contributed by atoms with Crippen molar-refractivity contribution in [3.05, 3.63) is 66.2 Å². The number of carbonyl (C=O) groups excluding carboxylic acids is 1. The number of nitrogens with zero attached hydrogens (tertiary/aromatic N) is 2. The van der Waals surface area contributed by atoms with E-state index in [4.69, 9.17) is 0 Å². The van der Waals surface area contributed by atoms with Crippen molar-refractivity contribution >= 4 is 18.6 Å². The molecule has 1 aliphatic heterocycles. The molecule has 4 nitrogen and oxygen atoms in total. The van der Waals surface area contributed by atoms with Crippen molar-refractivity contribution in [3.8, 4) is 0 Å². The van der Waals surface area contributed by atoms with Gasteiger partial charge < -0.3 is 4.90 Å². The Labute approximate surface area is 124 Å². The lowest BCUT2D eigenvalue weighted by Gasteiger charge is -2.26. The molecule has 2 aromatic carbocycles. The summed E-state index contributed by atoms with van der Waals surface area (Å²) in [6, 6.07) is 18.6. The van der Waals surface area contributed by atoms with Gasteiger partial charge >= 0.3 is 6.03 Å². The fourth-order valence-electron chi connectivity index (χ4n) is 2.87. The van der Waals surface area contributed by atoms with Gasteiger partial charge in [0.25, 0.3) is 0 Å². The Hall–Kier alpha value is -2.06. The molecule has 0 radical (unpaired) electrons. The van der Waals surface area contributed by atoms with E-state index in [2.05, 4.69) is 0 Å². The summed E-state index contributed by atoms with van der Waals surface area (Å²) in [6.45, 7) is 0. The van der Waals surface area contributed by atoms with Crippen molar-refractivity contribution in [2.45, 2.75) is 5.78 Å². The van der Waals surface area contributed by atoms with Crippen LogP contribution < -0.4 is 5.30 Å². The summed E-state index contributed by atoms with van der Waals surface area (Å²) in [5, 5.41) is 0.707. The highest BCUT2D eigenvalue weighted by Crippen LogP contribution is 2.65. The molecule has 1 saturated heterocycles. The predicted molar refractivity (Wildman–Crippen MR) is 83.8 cm³/mol. The molecule has 0 saturated carbocycles. The second kappa shape index (κ2) is 5.05. The Morgan fingerprint density at radius 1 is 0.905 bits per heavy atom. The molecule has 2 amide bonds. The fourth-order valence-corrected chi connectivity index (χ4v) is 5.96. The van der Waals surface area contributed by atoms with Crippen LogP contribution in [0.15, 0.2) is 60.7 Å². The van der Waals surface area contributed by atoms with Crippen molar-refractivity contribution in [2.75, 3.05) is 14.1 Å². The maximum Gasteiger partial charge on any atom is 0.326 e. The van der Waals surface area contributed by atoms with Crippen molar-refractivity contribution in [1.82, 2.24) is 9.57 Å². The topological polar surface area (TPSA) is 40.6 Å². The highest BCUT2D eigenvalue weighted by atomic mass is 31.2. The fraction of sp³-hybridized carbons (Fsp3) is 0.188. The van der Waals surface area contributed by atoms with Crippen LogP contribution in [0.2, 0.25) is 0 Å². The van der Waals surface area contributed by atoms with Gasteiger partial charge in [-0.3, -0.25) is 9.24 Å². The zero-order valence-electron chi connectivity index (χ0n) is 12.0. The summed E-state index contributed by atoms with van der Waals surface area (Å²) in [4.78, 5) is 13.9. The van der Waals surface area contributed by atoms with Crippen molar-refractivity contribution in [2.24, 2.45) is 0 Å². The maximum absolute atomic E-state index is 13.8. The number of rotatable bonds is 2. The van der Waals surface area contributed by atoms with Gasteiger partial charge in [-0.1, -0.05) is 48.5 Å². The van der Waals surface area contributed by atoms with Gasteiger partial charge in [-0.05, 0) is 17.7 Å². The van der Waals surface area contributed by atoms with Gasteiger partial charge in [-0.15, -0.1) is 0 Å². The first-order chi connectivity index (χ1) is 10.1. The summed E-state index contributed by atoms with van der Waals surface area (Å²) in [6.07, 6.45) is 0. The molecule has 0 aromatic heterocycles. The first-order valence-electron chi connectivity index (χ1n) is 6.78. The van der Waals surface area contributed by atoms with E-state index in [1.165, 1.54) is 4.67 Å². The number of hydrogen-bond acceptors (Lipinski definition) is 2. The number of carbonyl (C=O) groups is 1. The summed E-state index contributed by atoms with van der Waals surface area (Å²) in [7, 11) is 0.280. The minimum atomic E-state index is -3.05. The first kappa shape index (κ1) is 13.9. The van der Waals surface area contributed by atoms with Gasteiger partial charge in [0.05, 0.1) is 0 Å². The third kappa shape index (κ3) is 1.98. The van der Waals surface area contributed by atoms with Crippen LogP contribution in [0.5, 0.6) is 0 Å². The molecule has 21 heavy (non-hydrogen) atoms. The lowest BCUT2D eigenvalue weighted by atomic mass is 10.2. The second-order valence-corrected chi connectivity index (χ2v) is 8.01. The number of hydrogen-bond donors (Lipinski definition) is 0. The molecule has 2 aromatic rings. The lowest BCUT2D eigenvalue weighted by molar-refractivity contribution is 0.202. The maximum atomic E-state index is 13.8. The van der Waals surface area contributed by atoms with Crippen molar-refractivity contribution in [3.63, 3.8) is 0 Å². The number of benzene rings is 2. The Kier molecular flexibility index (Phi) is 3.34. The monoisotopic (exact) mass is 300 g/mol. The van der Waals surface area contributed by atoms with Crippen LogP contribution in [0, 0.1) is 0 Å². The highest BCUT2D eigenvalue weighted by molar-refractivity contribution is 7.70. The molecule has 2 atom stereocenters. The van der Waals surface area contributed by atoms with E-state index in [9.17, 15) is 9.36 Å². The molecule has 1 aliphatic rings. The zero-order valence-corrected chi connectivity index (χ0v) is 12.9. The zero-order chi connectivity index (χ0) is 15.0. The van der Waals surface area contributed by atoms with E-state index < -0.39 is 13.1 Å². The van der Waals surface area contributed by atoms with Crippen molar-refractivity contribution < 1.29 is 9.36 Å². The highest BCUT2D eigenvalue weighted by Gasteiger charge is 2.52. The Morgan fingerprint density at radius 2 is 1.43 bits per heavy atom. The van der Waals surface area contributed by atoms with E-state index in [-0.39, 0.29) is 6.03 Å². The predicted octanol–water partition coefficient (Wildman–Crippen LogP) is 3.29. The Morgan fingerprint density at radius 3 is 2.00 bits per heavy atom. The van der Waals surface area contributed by atoms with Crippen LogP contribution in [-0.4, -0.2) is 29.7 Å². The smallest absolute Gasteiger partial charge is 0.311 e. The quantitative estimate of drug-likeness (QED) is 0.799. The van der Waals surface area contributed by atoms with E-state index in [1.807, 2.05) is 60.7 Å². The summed E-state index contributed by atoms with van der Waals surface area (Å²) in [5.41, 5.74) is 0.893. The molecule has 0 bridgehead atoms. The molecule has 0 aliphatic carbocycles. The summed E-state index contributed by atoms with van der Waals surface area (Å²) < 4.78 is 15.2. The average Bonchev–Trinajstić information content (AvgIpc) is 2.71. The molecule has 2 unspecified atom stereocenters. The van der Waals surface area contributed by atoms with Gasteiger partial charge in [0, 0.05) is 19.4 Å². The average molecular weight is 300 g/mol. The van der Waals surface area contributed by atoms with Gasteiger partial charge in [0.1, 0.15) is 5.78 Å². The summed E-state index contributed by atoms with van der Waals surface area (Å²) >= 11 is 0. The van der Waals surface area contributed by atoms with Gasteiger partial charge in [-0.2, -0.15) is 0 Å². The molecular weight excluding hydrogens is 283 g/mol. The molecular formula is C16H17N2O2P. The van der Waals surface area contributed by atoms with Crippen LogP contribution in [0.3, 0.4) is 0 Å². The lowest BCUT2D eigenvalue weighted by Crippen LogP contribution is -2.26. The normalized spacial score (nSPS) is 25.4. The molecule has 108 valence electrons. The van der Waals surface area contributed by atoms with Gasteiger partial charge in [0.2, 0.25) is 7.29 Å². The largest absolute Gasteiger partial charge is 0.326 e. The van der Waals surface area contributed by atoms with E-state index in [0.29, 0.717) is 5.30 Å². The second-order valence-electron chi connectivity index (χ2n) is 5.16. The minimum absolute atomic E-state index is 0.212. The van der Waals surface area contributed by atoms with Crippen LogP contribution in [0.1, 0.15) is 11.3 Å². The SMILES string of the molecule is CN1C(=O)N(C)P(=O)(c2ccccc2)C1c1ccccc1. The molecule has 1 fully saturated rings. The number of urea groups is 1. The van der Waals surface area contributed by atoms with Crippen LogP contribution in [-0.2, 0) is 4.57 Å². The minimum Gasteiger partial charge on any atom is -0.311 e. The van der Waals surface area contributed by atoms with E-state index >= 15 is 0 Å². The number of amides is 2. The van der Waals surface area contributed by atoms with Crippen LogP contribution >= 0.6 is 7.29 Å². The Bertz CT molecular complexity index is 703. The third-order valence-electron chi connectivity index (χ3n) is 3.95. The molecule has 3 rings (SSSR count). The van der Waals surface area contributed by atoms with Gasteiger partial charge in [0.15, 0.2) is 0 Å². The third-order valence-corrected chi connectivity index (χ3v) is 7.35. The van der Waals surface area contributed by atoms with Crippen LogP contribution in [0.25, 0.3) is 0 Å². The standard InChI is InChI=1S/C16H17N2O2P/c1-17-15(13-9-5-3-6-10-13)21(20,18(2)16(17)19)14-11-7-4-8-12-14/h3-12,15H,1-2H3. The molecule has 1 heterocycles. The van der Waals surface area contributed by atoms with Crippen molar-refractivity contribution in [1.29, 1.82) is 0 Å². The van der Waals surface area contributed by atoms with Crippen LogP contribution in [0.4, 0.5) is 4.79 Å². The van der Waals surface area contributed by atoms with E-state index in [0.717, 1.165) is 5.56 Å². The molecule has 5 heteroatoms. The van der Waals surface area contributed by atoms with E-state index in [1.54, 1.807) is 19.0 Å². The molecule has 0 spiro atoms. The molecule has 0 N–H and O–H groups in total.